The smallest absolute Gasteiger partial charge is 0.326 e. The number of aromatic amines is 2. The zero-order valence-corrected chi connectivity index (χ0v) is 83.9. The maximum Gasteiger partial charge on any atom is 0.326 e. The number of aliphatic hydroxyl groups is 1. The number of anilines is 2. The van der Waals surface area contributed by atoms with Gasteiger partial charge in [0.15, 0.2) is 0 Å². The van der Waals surface area contributed by atoms with Crippen LogP contribution in [0.5, 0.6) is 0 Å². The molecule has 6 aromatic rings. The standard InChI is InChI=1S/C97H139N25O25/c1-49(2)36-68(114-84(133)64(24-16-18-34-98)111-85(134)65(30-32-74(100)124)112-87(136)69(39-60-43-103-47-106-60)115-88(137)70(40-61-44-104-48-107-61)118-93(142)79(102)50(3)4)90(139)120-81(52(7)8)96(145)122(63-29-27-57-21-13-15-23-59(57)38-63)55(11)95(144)121(62-28-26-56-20-12-14-22-58(56)37-62)54(10)83(132)108-53(9)82(131)110-66(31-33-77(127)128)86(135)117-72(42-78(129)130)91(140)119-80(51(5)6)94(143)105-45-76(126)109-73(46-123)92(141)116-71(41-75(101)125)89(138)113-67(97(146)147)25-17-19-35-99/h12-15,20-23,26-29,37-38,43-44,47-55,64-73,79-81,123H,16-19,24-25,30-36,39-42,45-46,98-99,102H2,1-11H3,(H2,100,124)(H2,101,125)(H,103,106)(H,104,107)(H,105,143)(H,108,132)(H,109,126)(H,110,131)(H,111,134)(H,112,136)(H,113,138)(H,114,133)(H,115,137)(H,116,141)(H,117,135)(H,118,142)(H,119,140)(H,120,139)(H,127,128)(H,129,130)(H,146,147)/t53-,54-,55-,64-,65-,66-,67-,68-,69-,70-,71-,72-,73-,79-,80-,81-/m0/s1. The Morgan fingerprint density at radius 2 is 0.782 bits per heavy atom. The predicted octanol–water partition coefficient (Wildman–Crippen LogP) is -3.34. The van der Waals surface area contributed by atoms with Gasteiger partial charge >= 0.3 is 17.9 Å². The van der Waals surface area contributed by atoms with E-state index >= 15 is 24.0 Å². The van der Waals surface area contributed by atoms with Crippen LogP contribution in [0.3, 0.4) is 0 Å². The Morgan fingerprint density at radius 3 is 1.23 bits per heavy atom. The number of nitrogens with one attached hydrogen (secondary N) is 16. The molecule has 2 heterocycles. The summed E-state index contributed by atoms with van der Waals surface area (Å²) in [6, 6.07) is -2.47. The fraction of sp³-hybridized carbons (Fsp3) is 0.515. The molecule has 2 aromatic heterocycles. The third kappa shape index (κ3) is 38.2. The number of rotatable bonds is 63. The predicted molar refractivity (Wildman–Crippen MR) is 534 cm³/mol. The molecule has 147 heavy (non-hydrogen) atoms. The van der Waals surface area contributed by atoms with Gasteiger partial charge in [0.2, 0.25) is 94.5 Å². The number of carboxylic acid groups (broad SMARTS) is 3. The minimum atomic E-state index is -2.11. The van der Waals surface area contributed by atoms with Crippen LogP contribution in [-0.4, -0.2) is 288 Å². The number of hydrogen-bond acceptors (Lipinski definition) is 27. The maximum atomic E-state index is 16.2. The van der Waals surface area contributed by atoms with Crippen molar-refractivity contribution in [2.75, 3.05) is 36.0 Å². The number of hydrogen-bond donors (Lipinski definition) is 25. The van der Waals surface area contributed by atoms with E-state index in [2.05, 4.69) is 94.4 Å². The fourth-order valence-electron chi connectivity index (χ4n) is 15.5. The molecular weight excluding hydrogens is 1920 g/mol. The summed E-state index contributed by atoms with van der Waals surface area (Å²) in [6.45, 7) is 15.0. The van der Waals surface area contributed by atoms with Crippen LogP contribution in [0, 0.1) is 23.7 Å². The molecule has 0 spiro atoms. The average Bonchev–Trinajstić information content (AvgIpc) is 0.872. The molecule has 6 rings (SSSR count). The molecule has 30 N–H and O–H groups in total. The summed E-state index contributed by atoms with van der Waals surface area (Å²) in [5.41, 5.74) is 29.3. The van der Waals surface area contributed by atoms with Crippen LogP contribution in [-0.2, 0) is 114 Å². The molecule has 802 valence electrons. The van der Waals surface area contributed by atoms with E-state index < -0.39 is 284 Å². The maximum absolute atomic E-state index is 16.2. The number of H-pyrrole nitrogens is 2. The molecule has 0 fully saturated rings. The molecule has 0 saturated heterocycles. The first-order valence-corrected chi connectivity index (χ1v) is 48.3. The quantitative estimate of drug-likeness (QED) is 0.0166. The summed E-state index contributed by atoms with van der Waals surface area (Å²) in [7, 11) is 0. The zero-order valence-electron chi connectivity index (χ0n) is 83.9. The first-order valence-electron chi connectivity index (χ1n) is 48.3. The SMILES string of the molecule is CC(C)C[C@H](NC(=O)[C@H](CCCCN)NC(=O)[C@H](CCC(N)=O)NC(=O)[C@H](Cc1c[nH]cn1)NC(=O)[C@H](Cc1c[nH]cn1)NC(=O)[C@@H](N)C(C)C)C(=O)N[C@H](C(=O)N(c1ccc2ccccc2c1)[C@@H](C)C(=O)N(c1ccc2ccccc2c1)[C@@H](C)C(=O)N[C@@H](C)C(=O)N[C@@H](CCC(=O)O)C(=O)N[C@@H](CC(=O)O)C(=O)N[C@H](C(=O)NCC(=O)N[C@@H](CO)C(=O)N[C@@H](CC(N)=O)C(=O)N[C@@H](CCCCN)C(=O)O)C(C)C)C(C)C. The number of aliphatic carboxylic acids is 3. The molecule has 0 aliphatic rings. The van der Waals surface area contributed by atoms with E-state index in [1.54, 1.807) is 120 Å². The van der Waals surface area contributed by atoms with Gasteiger partial charge in [-0.2, -0.15) is 0 Å². The fourth-order valence-corrected chi connectivity index (χ4v) is 15.5. The number of imidazole rings is 2. The Balaban J connectivity index is 1.26. The van der Waals surface area contributed by atoms with Gasteiger partial charge in [-0.15, -0.1) is 0 Å². The van der Waals surface area contributed by atoms with Gasteiger partial charge in [-0.25, -0.2) is 14.8 Å². The molecule has 50 heteroatoms. The second kappa shape index (κ2) is 59.1. The molecule has 4 aromatic carbocycles. The monoisotopic (exact) mass is 2050 g/mol. The van der Waals surface area contributed by atoms with Crippen LogP contribution < -0.4 is 113 Å². The average molecular weight is 2060 g/mol. The first-order chi connectivity index (χ1) is 69.5. The number of nitrogens with zero attached hydrogens (tertiary/aromatic N) is 4. The van der Waals surface area contributed by atoms with Crippen LogP contribution in [0.2, 0.25) is 0 Å². The summed E-state index contributed by atoms with van der Waals surface area (Å²) in [6.07, 6.45) is 1.46. The number of unbranched alkanes of at least 4 members (excludes halogenated alkanes) is 2. The highest BCUT2D eigenvalue weighted by atomic mass is 16.4. The Hall–Kier alpha value is -15.5. The summed E-state index contributed by atoms with van der Waals surface area (Å²) in [4.78, 5) is 309. The number of carboxylic acids is 3. The van der Waals surface area contributed by atoms with Crippen LogP contribution in [0.4, 0.5) is 11.4 Å². The van der Waals surface area contributed by atoms with E-state index in [1.807, 2.05) is 0 Å². The van der Waals surface area contributed by atoms with Crippen molar-refractivity contribution in [3.63, 3.8) is 0 Å². The van der Waals surface area contributed by atoms with Crippen LogP contribution >= 0.6 is 0 Å². The lowest BCUT2D eigenvalue weighted by atomic mass is 9.97. The van der Waals surface area contributed by atoms with Crippen LogP contribution in [0.15, 0.2) is 110 Å². The lowest BCUT2D eigenvalue weighted by Crippen LogP contribution is -2.62. The van der Waals surface area contributed by atoms with E-state index in [4.69, 9.17) is 28.7 Å². The van der Waals surface area contributed by atoms with Gasteiger partial charge in [-0.1, -0.05) is 116 Å². The van der Waals surface area contributed by atoms with E-state index in [9.17, 15) is 97.1 Å². The number of carbonyl (C=O) groups is 21. The van der Waals surface area contributed by atoms with Gasteiger partial charge in [0.05, 0.1) is 56.1 Å². The van der Waals surface area contributed by atoms with Crippen molar-refractivity contribution in [2.45, 2.75) is 269 Å². The van der Waals surface area contributed by atoms with Crippen molar-refractivity contribution in [1.82, 2.24) is 94.4 Å². The van der Waals surface area contributed by atoms with E-state index in [0.29, 0.717) is 40.1 Å². The molecule has 0 saturated carbocycles. The van der Waals surface area contributed by atoms with E-state index in [-0.39, 0.29) is 86.9 Å². The number of carbonyl (C=O) groups excluding carboxylic acids is 18. The lowest BCUT2D eigenvalue weighted by molar-refractivity contribution is -0.143. The first kappa shape index (κ1) is 120. The largest absolute Gasteiger partial charge is 0.481 e. The van der Waals surface area contributed by atoms with Gasteiger partial charge in [-0.05, 0) is 161 Å². The molecule has 0 aliphatic carbocycles. The van der Waals surface area contributed by atoms with E-state index in [1.165, 1.54) is 58.8 Å². The van der Waals surface area contributed by atoms with E-state index in [0.717, 1.165) is 16.7 Å². The van der Waals surface area contributed by atoms with Crippen molar-refractivity contribution in [1.29, 1.82) is 0 Å². The number of aromatic nitrogens is 4. The minimum absolute atomic E-state index is 0.0661. The van der Waals surface area contributed by atoms with Crippen LogP contribution in [0.1, 0.15) is 171 Å². The number of fused-ring (bicyclic) bond motifs is 2. The van der Waals surface area contributed by atoms with Gasteiger partial charge in [0.1, 0.15) is 90.6 Å². The number of amides is 18. The van der Waals surface area contributed by atoms with Crippen molar-refractivity contribution < 1.29 is 121 Å². The molecule has 0 radical (unpaired) electrons. The zero-order chi connectivity index (χ0) is 109. The van der Waals surface area contributed by atoms with Crippen molar-refractivity contribution >= 4 is 157 Å². The molecule has 16 atom stereocenters. The van der Waals surface area contributed by atoms with Gasteiger partial charge in [0.25, 0.3) is 11.8 Å². The summed E-state index contributed by atoms with van der Waals surface area (Å²) in [5.74, 6) is -26.0. The highest BCUT2D eigenvalue weighted by Gasteiger charge is 2.44. The topological polar surface area (TPSA) is 802 Å². The second-order valence-corrected chi connectivity index (χ2v) is 37.1. The lowest BCUT2D eigenvalue weighted by Gasteiger charge is -2.38. The van der Waals surface area contributed by atoms with Gasteiger partial charge in [-0.3, -0.25) is 106 Å². The normalized spacial score (nSPS) is 14.6. The van der Waals surface area contributed by atoms with Gasteiger partial charge in [0, 0.05) is 49.5 Å². The Bertz CT molecular complexity index is 5590. The number of primary amides is 2. The molecule has 0 aliphatic heterocycles. The Kier molecular flexibility index (Phi) is 48.3. The Labute approximate surface area is 847 Å². The van der Waals surface area contributed by atoms with Crippen molar-refractivity contribution in [3.8, 4) is 0 Å². The molecule has 0 bridgehead atoms. The van der Waals surface area contributed by atoms with Gasteiger partial charge < -0.3 is 133 Å². The molecule has 0 unspecified atom stereocenters. The molecular formula is C97H139N25O25. The third-order valence-electron chi connectivity index (χ3n) is 23.8. The molecule has 50 nitrogen and oxygen atoms in total. The number of aliphatic hydroxyl groups excluding tert-OH is 1. The summed E-state index contributed by atoms with van der Waals surface area (Å²) in [5, 5.41) is 76.3. The Morgan fingerprint density at radius 1 is 0.374 bits per heavy atom. The van der Waals surface area contributed by atoms with Crippen molar-refractivity contribution in [3.05, 3.63) is 121 Å². The van der Waals surface area contributed by atoms with Crippen LogP contribution in [0.25, 0.3) is 21.5 Å². The van der Waals surface area contributed by atoms with Crippen molar-refractivity contribution in [2.24, 2.45) is 52.3 Å². The highest BCUT2D eigenvalue weighted by molar-refractivity contribution is 6.12. The third-order valence-corrected chi connectivity index (χ3v) is 23.8. The molecule has 18 amide bonds. The second-order valence-electron chi connectivity index (χ2n) is 37.1. The summed E-state index contributed by atoms with van der Waals surface area (Å²) < 4.78 is 0. The number of benzene rings is 4. The summed E-state index contributed by atoms with van der Waals surface area (Å²) >= 11 is 0. The minimum Gasteiger partial charge on any atom is -0.481 e. The number of nitrogens with two attached hydrogens (primary N) is 5. The highest BCUT2D eigenvalue weighted by Crippen LogP contribution is 2.31.